The van der Waals surface area contributed by atoms with E-state index in [9.17, 15) is 0 Å². The molecule has 0 saturated carbocycles. The van der Waals surface area contributed by atoms with Crippen LogP contribution in [0.1, 0.15) is 18.1 Å². The van der Waals surface area contributed by atoms with E-state index >= 15 is 0 Å². The van der Waals surface area contributed by atoms with E-state index in [1.54, 1.807) is 7.11 Å². The first-order chi connectivity index (χ1) is 10.1. The molecule has 3 aromatic rings. The van der Waals surface area contributed by atoms with Crippen molar-refractivity contribution in [2.24, 2.45) is 0 Å². The molecule has 2 aromatic carbocycles. The van der Waals surface area contributed by atoms with Gasteiger partial charge in [-0.1, -0.05) is 23.7 Å². The molecule has 0 bridgehead atoms. The van der Waals surface area contributed by atoms with Gasteiger partial charge in [-0.15, -0.1) is 11.6 Å². The number of nitrogens with zero attached hydrogens (tertiary/aromatic N) is 2. The average molecular weight is 321 g/mol. The van der Waals surface area contributed by atoms with Crippen molar-refractivity contribution in [2.45, 2.75) is 12.3 Å². The van der Waals surface area contributed by atoms with Crippen LogP contribution in [0, 0.1) is 0 Å². The minimum Gasteiger partial charge on any atom is -0.495 e. The third-order valence-electron chi connectivity index (χ3n) is 3.34. The number of hydrogen-bond donors (Lipinski definition) is 0. The fraction of sp³-hybridized carbons (Fsp3) is 0.188. The van der Waals surface area contributed by atoms with Gasteiger partial charge in [-0.25, -0.2) is 4.98 Å². The summed E-state index contributed by atoms with van der Waals surface area (Å²) in [4.78, 5) is 4.62. The minimum atomic E-state index is -0.209. The molecule has 0 aliphatic rings. The van der Waals surface area contributed by atoms with E-state index in [-0.39, 0.29) is 5.38 Å². The first-order valence-electron chi connectivity index (χ1n) is 6.57. The highest BCUT2D eigenvalue weighted by atomic mass is 35.5. The smallest absolute Gasteiger partial charge is 0.139 e. The molecule has 0 spiro atoms. The van der Waals surface area contributed by atoms with Crippen molar-refractivity contribution in [3.8, 4) is 11.4 Å². The number of benzene rings is 2. The molecule has 3 nitrogen and oxygen atoms in total. The van der Waals surface area contributed by atoms with Crippen molar-refractivity contribution in [1.82, 2.24) is 9.55 Å². The van der Waals surface area contributed by atoms with Gasteiger partial charge in [0, 0.05) is 6.07 Å². The van der Waals surface area contributed by atoms with Crippen LogP contribution in [0.25, 0.3) is 16.7 Å². The van der Waals surface area contributed by atoms with Crippen molar-refractivity contribution in [1.29, 1.82) is 0 Å². The average Bonchev–Trinajstić information content (AvgIpc) is 2.87. The Balaban J connectivity index is 2.30. The summed E-state index contributed by atoms with van der Waals surface area (Å²) < 4.78 is 7.33. The van der Waals surface area contributed by atoms with E-state index in [4.69, 9.17) is 27.9 Å². The van der Waals surface area contributed by atoms with Crippen molar-refractivity contribution in [2.75, 3.05) is 7.11 Å². The molecule has 0 aliphatic heterocycles. The molecule has 3 rings (SSSR count). The predicted molar refractivity (Wildman–Crippen MR) is 86.9 cm³/mol. The topological polar surface area (TPSA) is 27.1 Å². The van der Waals surface area contributed by atoms with Gasteiger partial charge < -0.3 is 4.74 Å². The largest absolute Gasteiger partial charge is 0.495 e. The molecule has 1 atom stereocenters. The number of methoxy groups -OCH3 is 1. The van der Waals surface area contributed by atoms with Crippen molar-refractivity contribution >= 4 is 34.2 Å². The van der Waals surface area contributed by atoms with Gasteiger partial charge in [0.2, 0.25) is 0 Å². The van der Waals surface area contributed by atoms with E-state index in [2.05, 4.69) is 4.98 Å². The number of para-hydroxylation sites is 2. The summed E-state index contributed by atoms with van der Waals surface area (Å²) in [6, 6.07) is 13.6. The van der Waals surface area contributed by atoms with Gasteiger partial charge in [0.25, 0.3) is 0 Å². The van der Waals surface area contributed by atoms with Crippen LogP contribution < -0.4 is 4.74 Å². The zero-order valence-electron chi connectivity index (χ0n) is 11.7. The normalized spacial score (nSPS) is 12.6. The summed E-state index contributed by atoms with van der Waals surface area (Å²) in [7, 11) is 1.60. The second kappa shape index (κ2) is 5.58. The van der Waals surface area contributed by atoms with Gasteiger partial charge in [0.1, 0.15) is 11.6 Å². The van der Waals surface area contributed by atoms with Crippen LogP contribution in [-0.2, 0) is 0 Å². The molecule has 0 N–H and O–H groups in total. The summed E-state index contributed by atoms with van der Waals surface area (Å²) in [6.07, 6.45) is 0. The van der Waals surface area contributed by atoms with E-state index in [1.807, 2.05) is 54.0 Å². The Labute approximate surface area is 133 Å². The maximum atomic E-state index is 6.29. The van der Waals surface area contributed by atoms with Crippen molar-refractivity contribution in [3.05, 3.63) is 53.3 Å². The Hall–Kier alpha value is -1.71. The lowest BCUT2D eigenvalue weighted by molar-refractivity contribution is 0.415. The highest BCUT2D eigenvalue weighted by Crippen LogP contribution is 2.32. The predicted octanol–water partition coefficient (Wildman–Crippen LogP) is 4.99. The molecule has 0 fully saturated rings. The lowest BCUT2D eigenvalue weighted by atomic mass is 10.2. The van der Waals surface area contributed by atoms with Crippen molar-refractivity contribution in [3.63, 3.8) is 0 Å². The Morgan fingerprint density at radius 1 is 1.19 bits per heavy atom. The Kier molecular flexibility index (Phi) is 3.79. The third-order valence-corrected chi connectivity index (χ3v) is 3.84. The summed E-state index contributed by atoms with van der Waals surface area (Å²) >= 11 is 12.4. The Bertz CT molecular complexity index is 796. The summed E-state index contributed by atoms with van der Waals surface area (Å²) in [5.41, 5.74) is 2.84. The standard InChI is InChI=1S/C16H14Cl2N2O/c1-10(17)16-19-13-5-3-4-6-14(13)20(16)11-7-8-12(18)15(9-11)21-2/h3-10H,1-2H3. The van der Waals surface area contributed by atoms with Crippen LogP contribution in [-0.4, -0.2) is 16.7 Å². The number of ether oxygens (including phenoxy) is 1. The molecule has 1 aromatic heterocycles. The lowest BCUT2D eigenvalue weighted by Gasteiger charge is -2.12. The van der Waals surface area contributed by atoms with E-state index in [0.29, 0.717) is 10.8 Å². The van der Waals surface area contributed by atoms with Crippen LogP contribution in [0.5, 0.6) is 5.75 Å². The van der Waals surface area contributed by atoms with Crippen molar-refractivity contribution < 1.29 is 4.74 Å². The molecule has 1 unspecified atom stereocenters. The SMILES string of the molecule is COc1cc(-n2c(C(C)Cl)nc3ccccc32)ccc1Cl. The second-order valence-corrected chi connectivity index (χ2v) is 5.79. The second-order valence-electron chi connectivity index (χ2n) is 4.73. The van der Waals surface area contributed by atoms with Crippen LogP contribution in [0.15, 0.2) is 42.5 Å². The number of hydrogen-bond acceptors (Lipinski definition) is 2. The maximum Gasteiger partial charge on any atom is 0.139 e. The van der Waals surface area contributed by atoms with E-state index < -0.39 is 0 Å². The molecule has 0 saturated heterocycles. The number of alkyl halides is 1. The Morgan fingerprint density at radius 3 is 2.67 bits per heavy atom. The first kappa shape index (κ1) is 14.2. The van der Waals surface area contributed by atoms with Crippen LogP contribution in [0.2, 0.25) is 5.02 Å². The number of aromatic nitrogens is 2. The third kappa shape index (κ3) is 2.47. The molecule has 1 heterocycles. The molecular formula is C16H14Cl2N2O. The summed E-state index contributed by atoms with van der Waals surface area (Å²) in [5, 5.41) is 0.366. The monoisotopic (exact) mass is 320 g/mol. The zero-order chi connectivity index (χ0) is 15.0. The maximum absolute atomic E-state index is 6.29. The van der Waals surface area contributed by atoms with Gasteiger partial charge in [0.15, 0.2) is 0 Å². The van der Waals surface area contributed by atoms with Crippen LogP contribution in [0.4, 0.5) is 0 Å². The minimum absolute atomic E-state index is 0.209. The summed E-state index contributed by atoms with van der Waals surface area (Å²) in [5.74, 6) is 1.42. The molecule has 0 radical (unpaired) electrons. The molecular weight excluding hydrogens is 307 g/mol. The fourth-order valence-electron chi connectivity index (χ4n) is 2.37. The van der Waals surface area contributed by atoms with Gasteiger partial charge in [-0.2, -0.15) is 0 Å². The highest BCUT2D eigenvalue weighted by molar-refractivity contribution is 6.32. The number of rotatable bonds is 3. The number of fused-ring (bicyclic) bond motifs is 1. The zero-order valence-corrected chi connectivity index (χ0v) is 13.2. The Morgan fingerprint density at radius 2 is 1.95 bits per heavy atom. The van der Waals surface area contributed by atoms with Gasteiger partial charge >= 0.3 is 0 Å². The molecule has 108 valence electrons. The first-order valence-corrected chi connectivity index (χ1v) is 7.38. The van der Waals surface area contributed by atoms with Gasteiger partial charge in [-0.3, -0.25) is 4.57 Å². The molecule has 0 aliphatic carbocycles. The van der Waals surface area contributed by atoms with E-state index in [0.717, 1.165) is 22.5 Å². The fourth-order valence-corrected chi connectivity index (χ4v) is 2.71. The number of imidazole rings is 1. The van der Waals surface area contributed by atoms with Crippen LogP contribution >= 0.6 is 23.2 Å². The van der Waals surface area contributed by atoms with Gasteiger partial charge in [0.05, 0.1) is 34.2 Å². The molecule has 21 heavy (non-hydrogen) atoms. The molecule has 0 amide bonds. The quantitative estimate of drug-likeness (QED) is 0.636. The van der Waals surface area contributed by atoms with E-state index in [1.165, 1.54) is 0 Å². The number of halogens is 2. The molecule has 5 heteroatoms. The van der Waals surface area contributed by atoms with Gasteiger partial charge in [-0.05, 0) is 31.2 Å². The summed E-state index contributed by atoms with van der Waals surface area (Å²) in [6.45, 7) is 1.91. The lowest BCUT2D eigenvalue weighted by Crippen LogP contribution is -2.02. The highest BCUT2D eigenvalue weighted by Gasteiger charge is 2.16. The van der Waals surface area contributed by atoms with Crippen LogP contribution in [0.3, 0.4) is 0 Å².